The maximum absolute atomic E-state index is 10.6. The zero-order valence-electron chi connectivity index (χ0n) is 6.30. The lowest BCUT2D eigenvalue weighted by Crippen LogP contribution is -2.11. The molecule has 1 rings (SSSR count). The molecule has 0 unspecified atom stereocenters. The number of hydrogen-bond acceptors (Lipinski definition) is 3. The van der Waals surface area contributed by atoms with Crippen molar-refractivity contribution in [3.8, 4) is 0 Å². The Labute approximate surface area is 71.1 Å². The van der Waals surface area contributed by atoms with Gasteiger partial charge in [-0.05, 0) is 12.1 Å². The van der Waals surface area contributed by atoms with Crippen LogP contribution in [0.3, 0.4) is 0 Å². The molecular weight excluding hydrogens is 178 g/mol. The van der Waals surface area contributed by atoms with Crippen molar-refractivity contribution in [1.29, 1.82) is 0 Å². The average molecular weight is 187 g/mol. The van der Waals surface area contributed by atoms with E-state index in [2.05, 4.69) is 0 Å². The number of primary sulfonamides is 1. The summed E-state index contributed by atoms with van der Waals surface area (Å²) >= 11 is 0. The van der Waals surface area contributed by atoms with Crippen LogP contribution < -0.4 is 5.14 Å². The van der Waals surface area contributed by atoms with Crippen LogP contribution in [0.5, 0.6) is 0 Å². The van der Waals surface area contributed by atoms with Gasteiger partial charge in [-0.15, -0.1) is 0 Å². The number of carbonyl (C=O) groups is 1. The van der Waals surface area contributed by atoms with Gasteiger partial charge in [-0.25, -0.2) is 13.6 Å². The van der Waals surface area contributed by atoms with Crippen LogP contribution in [0.25, 0.3) is 0 Å². The van der Waals surface area contributed by atoms with Crippen LogP contribution >= 0.6 is 0 Å². The quantitative estimate of drug-likeness (QED) is 0.679. The summed E-state index contributed by atoms with van der Waals surface area (Å²) in [7, 11) is -3.50. The molecule has 0 fully saturated rings. The first-order valence-electron chi connectivity index (χ1n) is 2.97. The Kier molecular flexibility index (Phi) is 4.17. The summed E-state index contributed by atoms with van der Waals surface area (Å²) in [5.74, 6) is 0. The molecule has 0 bridgehead atoms. The molecule has 12 heavy (non-hydrogen) atoms. The maximum Gasteiger partial charge on any atom is 0.238 e. The van der Waals surface area contributed by atoms with Crippen molar-refractivity contribution in [2.24, 2.45) is 5.14 Å². The van der Waals surface area contributed by atoms with Crippen LogP contribution in [0.1, 0.15) is 0 Å². The molecule has 4 nitrogen and oxygen atoms in total. The van der Waals surface area contributed by atoms with Crippen molar-refractivity contribution in [3.05, 3.63) is 30.3 Å². The van der Waals surface area contributed by atoms with Crippen LogP contribution in [0.4, 0.5) is 0 Å². The van der Waals surface area contributed by atoms with E-state index in [9.17, 15) is 8.42 Å². The number of hydrogen-bond donors (Lipinski definition) is 1. The minimum absolute atomic E-state index is 0.148. The molecule has 0 amide bonds. The number of rotatable bonds is 1. The highest BCUT2D eigenvalue weighted by Crippen LogP contribution is 2.02. The number of nitrogens with two attached hydrogens (primary N) is 1. The summed E-state index contributed by atoms with van der Waals surface area (Å²) in [5.41, 5.74) is 0. The molecule has 0 aromatic heterocycles. The van der Waals surface area contributed by atoms with Gasteiger partial charge in [0.05, 0.1) is 4.90 Å². The first kappa shape index (κ1) is 10.8. The van der Waals surface area contributed by atoms with Crippen LogP contribution in [-0.2, 0) is 14.8 Å². The molecule has 0 aliphatic carbocycles. The standard InChI is InChI=1S/C6H7NO2S.CH2O/c7-10(8,9)6-4-2-1-3-5-6;1-2/h1-5H,(H2,7,8,9);1H2. The van der Waals surface area contributed by atoms with E-state index < -0.39 is 10.0 Å². The predicted octanol–water partition coefficient (Wildman–Crippen LogP) is 0.149. The highest BCUT2D eigenvalue weighted by Gasteiger charge is 2.03. The van der Waals surface area contributed by atoms with Gasteiger partial charge >= 0.3 is 0 Å². The highest BCUT2D eigenvalue weighted by atomic mass is 32.2. The molecule has 0 saturated carbocycles. The molecule has 1 aromatic rings. The van der Waals surface area contributed by atoms with Gasteiger partial charge < -0.3 is 4.79 Å². The van der Waals surface area contributed by atoms with Gasteiger partial charge in [0.2, 0.25) is 10.0 Å². The predicted molar refractivity (Wildman–Crippen MR) is 44.9 cm³/mol. The molecule has 0 saturated heterocycles. The third-order valence-electron chi connectivity index (χ3n) is 1.07. The normalized spacial score (nSPS) is 9.75. The van der Waals surface area contributed by atoms with Crippen LogP contribution in [0, 0.1) is 0 Å². The van der Waals surface area contributed by atoms with E-state index in [0.29, 0.717) is 0 Å². The molecule has 0 atom stereocenters. The Morgan fingerprint density at radius 1 is 1.08 bits per heavy atom. The second kappa shape index (κ2) is 4.63. The van der Waals surface area contributed by atoms with Crippen LogP contribution in [0.2, 0.25) is 0 Å². The SMILES string of the molecule is C=O.NS(=O)(=O)c1ccccc1. The molecule has 0 radical (unpaired) electrons. The van der Waals surface area contributed by atoms with Gasteiger partial charge in [0, 0.05) is 0 Å². The fourth-order valence-corrected chi connectivity index (χ4v) is 1.15. The van der Waals surface area contributed by atoms with Crippen molar-refractivity contribution < 1.29 is 13.2 Å². The topological polar surface area (TPSA) is 77.2 Å². The van der Waals surface area contributed by atoms with E-state index >= 15 is 0 Å². The smallest absolute Gasteiger partial charge is 0.238 e. The molecule has 0 heterocycles. The third-order valence-corrected chi connectivity index (χ3v) is 2.00. The molecule has 0 aliphatic heterocycles. The second-order valence-electron chi connectivity index (χ2n) is 1.86. The van der Waals surface area contributed by atoms with E-state index in [1.54, 1.807) is 18.2 Å². The third kappa shape index (κ3) is 3.27. The number of sulfonamides is 1. The van der Waals surface area contributed by atoms with Crippen molar-refractivity contribution in [3.63, 3.8) is 0 Å². The van der Waals surface area contributed by atoms with Crippen molar-refractivity contribution >= 4 is 16.8 Å². The van der Waals surface area contributed by atoms with Crippen molar-refractivity contribution in [2.75, 3.05) is 0 Å². The van der Waals surface area contributed by atoms with Crippen LogP contribution in [0.15, 0.2) is 35.2 Å². The first-order valence-corrected chi connectivity index (χ1v) is 4.52. The number of carbonyl (C=O) groups excluding carboxylic acids is 1. The summed E-state index contributed by atoms with van der Waals surface area (Å²) in [6, 6.07) is 7.89. The minimum Gasteiger partial charge on any atom is -0.307 e. The van der Waals surface area contributed by atoms with Gasteiger partial charge in [-0.1, -0.05) is 18.2 Å². The Balaban J connectivity index is 0.000000561. The molecule has 1 aromatic carbocycles. The molecule has 5 heteroatoms. The van der Waals surface area contributed by atoms with Crippen molar-refractivity contribution in [2.45, 2.75) is 4.90 Å². The minimum atomic E-state index is -3.50. The second-order valence-corrected chi connectivity index (χ2v) is 3.42. The van der Waals surface area contributed by atoms with Gasteiger partial charge in [-0.2, -0.15) is 0 Å². The lowest BCUT2D eigenvalue weighted by atomic mass is 10.4. The summed E-state index contributed by atoms with van der Waals surface area (Å²) in [4.78, 5) is 8.15. The highest BCUT2D eigenvalue weighted by molar-refractivity contribution is 7.89. The first-order chi connectivity index (χ1) is 5.61. The molecule has 2 N–H and O–H groups in total. The van der Waals surface area contributed by atoms with Crippen LogP contribution in [-0.4, -0.2) is 15.2 Å². The Morgan fingerprint density at radius 2 is 1.50 bits per heavy atom. The Hall–Kier alpha value is -1.20. The Bertz CT molecular complexity index is 320. The van der Waals surface area contributed by atoms with E-state index in [1.807, 2.05) is 6.79 Å². The van der Waals surface area contributed by atoms with E-state index in [0.717, 1.165) is 0 Å². The lowest BCUT2D eigenvalue weighted by Gasteiger charge is -1.93. The van der Waals surface area contributed by atoms with E-state index in [-0.39, 0.29) is 4.90 Å². The fraction of sp³-hybridized carbons (Fsp3) is 0. The summed E-state index contributed by atoms with van der Waals surface area (Å²) in [5, 5.41) is 4.83. The van der Waals surface area contributed by atoms with Gasteiger partial charge in [-0.3, -0.25) is 0 Å². The zero-order chi connectivity index (χ0) is 9.61. The van der Waals surface area contributed by atoms with E-state index in [4.69, 9.17) is 9.93 Å². The Morgan fingerprint density at radius 3 is 1.75 bits per heavy atom. The van der Waals surface area contributed by atoms with Gasteiger partial charge in [0.25, 0.3) is 0 Å². The maximum atomic E-state index is 10.6. The molecule has 66 valence electrons. The summed E-state index contributed by atoms with van der Waals surface area (Å²) in [6.07, 6.45) is 0. The largest absolute Gasteiger partial charge is 0.307 e. The average Bonchev–Trinajstić information content (AvgIpc) is 2.08. The van der Waals surface area contributed by atoms with E-state index in [1.165, 1.54) is 12.1 Å². The molecular formula is C7H9NO3S. The fourth-order valence-electron chi connectivity index (χ4n) is 0.610. The zero-order valence-corrected chi connectivity index (χ0v) is 7.12. The van der Waals surface area contributed by atoms with Gasteiger partial charge in [0.1, 0.15) is 6.79 Å². The molecule has 0 spiro atoms. The van der Waals surface area contributed by atoms with Gasteiger partial charge in [0.15, 0.2) is 0 Å². The van der Waals surface area contributed by atoms with Crippen molar-refractivity contribution in [1.82, 2.24) is 0 Å². The molecule has 0 aliphatic rings. The lowest BCUT2D eigenvalue weighted by molar-refractivity contribution is -0.0979. The monoisotopic (exact) mass is 187 g/mol. The number of benzene rings is 1. The summed E-state index contributed by atoms with van der Waals surface area (Å²) in [6.45, 7) is 2.00. The summed E-state index contributed by atoms with van der Waals surface area (Å²) < 4.78 is 21.2.